The molecule has 0 atom stereocenters. The van der Waals surface area contributed by atoms with Crippen molar-refractivity contribution in [1.82, 2.24) is 0 Å². The van der Waals surface area contributed by atoms with E-state index < -0.39 is 23.1 Å². The summed E-state index contributed by atoms with van der Waals surface area (Å²) in [5, 5.41) is 26.7. The lowest BCUT2D eigenvalue weighted by molar-refractivity contribution is -0.116. The fourth-order valence-corrected chi connectivity index (χ4v) is 0.705. The van der Waals surface area contributed by atoms with Crippen LogP contribution in [0.15, 0.2) is 23.0 Å². The molecule has 65 valence electrons. The number of rotatable bonds is 1. The summed E-state index contributed by atoms with van der Waals surface area (Å²) in [4.78, 5) is 10.7. The Kier molecular flexibility index (Phi) is 1.95. The Morgan fingerprint density at radius 3 is 2.42 bits per heavy atom. The second-order valence-corrected chi connectivity index (χ2v) is 2.20. The van der Waals surface area contributed by atoms with Gasteiger partial charge in [0, 0.05) is 6.92 Å². The van der Waals surface area contributed by atoms with Crippen molar-refractivity contribution >= 4 is 5.78 Å². The highest BCUT2D eigenvalue weighted by Crippen LogP contribution is 2.22. The predicted molar refractivity (Wildman–Crippen MR) is 38.0 cm³/mol. The fourth-order valence-electron chi connectivity index (χ4n) is 0.705. The Morgan fingerprint density at radius 1 is 1.33 bits per heavy atom. The van der Waals surface area contributed by atoms with Crippen LogP contribution in [0.4, 0.5) is 0 Å². The summed E-state index contributed by atoms with van der Waals surface area (Å²) in [7, 11) is 0. The fraction of sp³-hybridized carbons (Fsp3) is 0.143. The van der Waals surface area contributed by atoms with E-state index in [1.807, 2.05) is 0 Å². The molecule has 5 nitrogen and oxygen atoms in total. The van der Waals surface area contributed by atoms with Crippen molar-refractivity contribution in [3.63, 3.8) is 0 Å². The molecule has 0 aliphatic carbocycles. The molecule has 1 aliphatic heterocycles. The number of carbonyl (C=O) groups is 1. The molecular formula is C7H7O5. The molecule has 0 fully saturated rings. The summed E-state index contributed by atoms with van der Waals surface area (Å²) in [6.45, 7) is 1.93. The molecule has 0 aromatic carbocycles. The molecule has 12 heavy (non-hydrogen) atoms. The zero-order valence-electron chi connectivity index (χ0n) is 6.24. The standard InChI is InChI=1S/C7H7O5/c1-3(8)7-6(11)5(10)4(9)2-12-7/h2,9-11H,1H3. The predicted octanol–water partition coefficient (Wildman–Crippen LogP) is 0.865. The van der Waals surface area contributed by atoms with Crippen LogP contribution in [0.3, 0.4) is 0 Å². The van der Waals surface area contributed by atoms with Gasteiger partial charge in [0.05, 0.1) is 0 Å². The number of Topliss-reactive ketones (excluding diaryl/α,β-unsaturated/α-hetero) is 1. The Hall–Kier alpha value is -1.65. The summed E-state index contributed by atoms with van der Waals surface area (Å²) < 4.78 is 4.52. The third kappa shape index (κ3) is 1.20. The van der Waals surface area contributed by atoms with E-state index >= 15 is 0 Å². The van der Waals surface area contributed by atoms with Crippen LogP contribution in [-0.2, 0) is 9.53 Å². The topological polar surface area (TPSA) is 87.0 Å². The van der Waals surface area contributed by atoms with Crippen molar-refractivity contribution in [3.8, 4) is 0 Å². The lowest BCUT2D eigenvalue weighted by Gasteiger charge is -2.14. The first-order valence-corrected chi connectivity index (χ1v) is 3.10. The highest BCUT2D eigenvalue weighted by Gasteiger charge is 2.25. The molecule has 5 heteroatoms. The molecule has 0 saturated heterocycles. The van der Waals surface area contributed by atoms with Crippen molar-refractivity contribution < 1.29 is 24.9 Å². The minimum absolute atomic E-state index is 0.384. The van der Waals surface area contributed by atoms with E-state index in [0.29, 0.717) is 0 Å². The van der Waals surface area contributed by atoms with Gasteiger partial charge in [-0.05, 0) is 0 Å². The van der Waals surface area contributed by atoms with E-state index in [9.17, 15) is 4.79 Å². The Balaban J connectivity index is 3.11. The lowest BCUT2D eigenvalue weighted by atomic mass is 10.2. The van der Waals surface area contributed by atoms with Gasteiger partial charge < -0.3 is 20.1 Å². The summed E-state index contributed by atoms with van der Waals surface area (Å²) in [6.07, 6.45) is 0. The number of carbonyl (C=O) groups excluding carboxylic acids is 1. The molecule has 0 amide bonds. The summed E-state index contributed by atoms with van der Waals surface area (Å²) in [6, 6.07) is 0. The molecule has 0 unspecified atom stereocenters. The minimum atomic E-state index is -0.758. The monoisotopic (exact) mass is 171 g/mol. The average molecular weight is 171 g/mol. The number of aliphatic hydroxyl groups is 3. The van der Waals surface area contributed by atoms with Crippen molar-refractivity contribution in [2.24, 2.45) is 0 Å². The molecule has 1 radical (unpaired) electrons. The van der Waals surface area contributed by atoms with Gasteiger partial charge in [-0.1, -0.05) is 0 Å². The van der Waals surface area contributed by atoms with E-state index in [-0.39, 0.29) is 5.76 Å². The van der Waals surface area contributed by atoms with Crippen molar-refractivity contribution in [1.29, 1.82) is 0 Å². The van der Waals surface area contributed by atoms with E-state index in [0.717, 1.165) is 13.5 Å². The zero-order valence-corrected chi connectivity index (χ0v) is 6.24. The van der Waals surface area contributed by atoms with Gasteiger partial charge >= 0.3 is 0 Å². The number of ketones is 1. The third-order valence-electron chi connectivity index (χ3n) is 1.29. The van der Waals surface area contributed by atoms with Gasteiger partial charge in [-0.25, -0.2) is 0 Å². The normalized spacial score (nSPS) is 17.8. The van der Waals surface area contributed by atoms with Crippen LogP contribution < -0.4 is 0 Å². The average Bonchev–Trinajstić information content (AvgIpc) is 2.00. The second kappa shape index (κ2) is 2.77. The maximum Gasteiger partial charge on any atom is 0.209 e. The molecule has 1 heterocycles. The van der Waals surface area contributed by atoms with Gasteiger partial charge in [0.25, 0.3) is 0 Å². The molecule has 1 rings (SSSR count). The molecule has 0 saturated carbocycles. The molecule has 0 bridgehead atoms. The van der Waals surface area contributed by atoms with E-state index in [4.69, 9.17) is 15.3 Å². The van der Waals surface area contributed by atoms with Crippen LogP contribution in [0, 0.1) is 6.61 Å². The van der Waals surface area contributed by atoms with Crippen molar-refractivity contribution in [3.05, 3.63) is 29.6 Å². The second-order valence-electron chi connectivity index (χ2n) is 2.20. The molecule has 0 spiro atoms. The van der Waals surface area contributed by atoms with E-state index in [1.165, 1.54) is 0 Å². The first kappa shape index (κ1) is 8.45. The number of ether oxygens (including phenoxy) is 1. The Labute approximate surface area is 68.2 Å². The van der Waals surface area contributed by atoms with Gasteiger partial charge in [-0.3, -0.25) is 4.79 Å². The smallest absolute Gasteiger partial charge is 0.209 e. The maximum absolute atomic E-state index is 10.7. The maximum atomic E-state index is 10.7. The number of allylic oxidation sites excluding steroid dienone is 1. The Bertz CT molecular complexity index is 286. The van der Waals surface area contributed by atoms with E-state index in [2.05, 4.69) is 4.74 Å². The molecular weight excluding hydrogens is 164 g/mol. The van der Waals surface area contributed by atoms with Gasteiger partial charge in [-0.2, -0.15) is 0 Å². The highest BCUT2D eigenvalue weighted by atomic mass is 16.5. The SMILES string of the molecule is CC(=O)C1=C(O)C(O)=C(O)[CH]O1. The summed E-state index contributed by atoms with van der Waals surface area (Å²) in [5.74, 6) is -3.04. The third-order valence-corrected chi connectivity index (χ3v) is 1.29. The van der Waals surface area contributed by atoms with Gasteiger partial charge in [0.1, 0.15) is 0 Å². The molecule has 0 aromatic rings. The number of aliphatic hydroxyl groups excluding tert-OH is 3. The van der Waals surface area contributed by atoms with Crippen molar-refractivity contribution in [2.45, 2.75) is 6.92 Å². The number of hydrogen-bond acceptors (Lipinski definition) is 5. The number of hydrogen-bond donors (Lipinski definition) is 3. The van der Waals surface area contributed by atoms with E-state index in [1.54, 1.807) is 0 Å². The summed E-state index contributed by atoms with van der Waals surface area (Å²) >= 11 is 0. The summed E-state index contributed by atoms with van der Waals surface area (Å²) in [5.41, 5.74) is 0. The van der Waals surface area contributed by atoms with Crippen LogP contribution in [0.1, 0.15) is 6.92 Å². The highest BCUT2D eigenvalue weighted by molar-refractivity contribution is 5.92. The van der Waals surface area contributed by atoms with Crippen LogP contribution in [0.25, 0.3) is 0 Å². The van der Waals surface area contributed by atoms with Crippen molar-refractivity contribution in [2.75, 3.05) is 0 Å². The van der Waals surface area contributed by atoms with Gasteiger partial charge in [0.2, 0.25) is 23.9 Å². The first-order chi connectivity index (χ1) is 5.54. The van der Waals surface area contributed by atoms with Crippen LogP contribution in [0.5, 0.6) is 0 Å². The van der Waals surface area contributed by atoms with Crippen LogP contribution >= 0.6 is 0 Å². The Morgan fingerprint density at radius 2 is 1.92 bits per heavy atom. The largest absolute Gasteiger partial charge is 0.505 e. The van der Waals surface area contributed by atoms with Gasteiger partial charge in [-0.15, -0.1) is 0 Å². The van der Waals surface area contributed by atoms with Gasteiger partial charge in [0.15, 0.2) is 11.5 Å². The molecule has 0 aromatic heterocycles. The first-order valence-electron chi connectivity index (χ1n) is 3.10. The van der Waals surface area contributed by atoms with Crippen LogP contribution in [-0.4, -0.2) is 21.1 Å². The molecule has 3 N–H and O–H groups in total. The quantitative estimate of drug-likeness (QED) is 0.544. The zero-order chi connectivity index (χ0) is 9.30. The van der Waals surface area contributed by atoms with Crippen LogP contribution in [0.2, 0.25) is 0 Å². The minimum Gasteiger partial charge on any atom is -0.505 e. The lowest BCUT2D eigenvalue weighted by Crippen LogP contribution is -2.13. The molecule has 1 aliphatic rings.